The number of hydrogen-bond acceptors (Lipinski definition) is 4. The molecular formula is C25H31ClN6O. The van der Waals surface area contributed by atoms with E-state index in [0.29, 0.717) is 11.0 Å². The van der Waals surface area contributed by atoms with Crippen LogP contribution in [0.2, 0.25) is 5.02 Å². The second-order valence-electron chi connectivity index (χ2n) is 9.33. The van der Waals surface area contributed by atoms with Gasteiger partial charge in [0.05, 0.1) is 6.42 Å². The second kappa shape index (κ2) is 10.6. The van der Waals surface area contributed by atoms with E-state index >= 15 is 0 Å². The number of nitrogens with zero attached hydrogens (tertiary/aromatic N) is 3. The maximum absolute atomic E-state index is 12.8. The van der Waals surface area contributed by atoms with Crippen molar-refractivity contribution in [1.29, 1.82) is 5.26 Å². The lowest BCUT2D eigenvalue weighted by molar-refractivity contribution is -0.122. The highest BCUT2D eigenvalue weighted by Crippen LogP contribution is 2.32. The van der Waals surface area contributed by atoms with Gasteiger partial charge in [0, 0.05) is 35.4 Å². The Kier molecular flexibility index (Phi) is 7.83. The fraction of sp³-hybridized carbons (Fsp3) is 0.400. The molecule has 2 aromatic rings. The van der Waals surface area contributed by atoms with Crippen LogP contribution in [0.25, 0.3) is 0 Å². The number of fused-ring (bicyclic) bond motifs is 1. The van der Waals surface area contributed by atoms with Gasteiger partial charge in [-0.15, -0.1) is 4.99 Å². The van der Waals surface area contributed by atoms with Gasteiger partial charge in [-0.2, -0.15) is 5.26 Å². The molecule has 8 heteroatoms. The van der Waals surface area contributed by atoms with E-state index < -0.39 is 6.17 Å². The van der Waals surface area contributed by atoms with Crippen LogP contribution in [-0.4, -0.2) is 31.6 Å². The maximum atomic E-state index is 12.8. The molecule has 1 atom stereocenters. The van der Waals surface area contributed by atoms with Crippen LogP contribution in [0.4, 0.5) is 11.4 Å². The zero-order chi connectivity index (χ0) is 24.0. The molecule has 7 nitrogen and oxygen atoms in total. The summed E-state index contributed by atoms with van der Waals surface area (Å²) in [6, 6.07) is 13.3. The van der Waals surface area contributed by atoms with Crippen LogP contribution in [0.5, 0.6) is 0 Å². The Bertz CT molecular complexity index is 1050. The number of aliphatic imine (C=N–C) groups is 1. The fourth-order valence-corrected chi connectivity index (χ4v) is 3.93. The molecule has 0 fully saturated rings. The summed E-state index contributed by atoms with van der Waals surface area (Å²) in [4.78, 5) is 19.0. The number of halogens is 1. The van der Waals surface area contributed by atoms with E-state index in [0.717, 1.165) is 30.6 Å². The van der Waals surface area contributed by atoms with E-state index in [2.05, 4.69) is 39.0 Å². The molecule has 0 saturated heterocycles. The number of hydrogen-bond donors (Lipinski definition) is 3. The van der Waals surface area contributed by atoms with Gasteiger partial charge in [-0.1, -0.05) is 50.6 Å². The third kappa shape index (κ3) is 6.62. The van der Waals surface area contributed by atoms with Gasteiger partial charge in [-0.05, 0) is 48.2 Å². The molecule has 2 aromatic carbocycles. The summed E-state index contributed by atoms with van der Waals surface area (Å²) >= 11 is 5.94. The Morgan fingerprint density at radius 3 is 2.61 bits per heavy atom. The smallest absolute Gasteiger partial charge is 0.226 e. The first-order valence-corrected chi connectivity index (χ1v) is 11.4. The quantitative estimate of drug-likeness (QED) is 0.264. The summed E-state index contributed by atoms with van der Waals surface area (Å²) in [5, 5.41) is 19.5. The molecule has 0 spiro atoms. The number of amides is 1. The molecule has 0 aromatic heterocycles. The van der Waals surface area contributed by atoms with Gasteiger partial charge < -0.3 is 20.9 Å². The first-order valence-electron chi connectivity index (χ1n) is 11.0. The van der Waals surface area contributed by atoms with Crippen LogP contribution in [-0.2, 0) is 17.6 Å². The van der Waals surface area contributed by atoms with Gasteiger partial charge >= 0.3 is 0 Å². The Morgan fingerprint density at radius 1 is 1.21 bits per heavy atom. The highest BCUT2D eigenvalue weighted by atomic mass is 35.5. The molecular weight excluding hydrogens is 436 g/mol. The SMILES string of the molecule is CN1CCCc2c(N/C(=N\C#N)NC(NC(=O)Cc3ccc(Cl)cc3)C(C)(C)C)cccc21. The van der Waals surface area contributed by atoms with Crippen molar-refractivity contribution in [2.75, 3.05) is 23.8 Å². The Morgan fingerprint density at radius 2 is 1.94 bits per heavy atom. The normalized spacial score (nSPS) is 14.7. The lowest BCUT2D eigenvalue weighted by Crippen LogP contribution is -2.56. The van der Waals surface area contributed by atoms with Crippen molar-refractivity contribution in [2.24, 2.45) is 10.4 Å². The van der Waals surface area contributed by atoms with Crippen molar-refractivity contribution in [3.8, 4) is 6.19 Å². The molecule has 3 N–H and O–H groups in total. The third-order valence-corrected chi connectivity index (χ3v) is 5.88. The zero-order valence-corrected chi connectivity index (χ0v) is 20.3. The number of benzene rings is 2. The predicted octanol–water partition coefficient (Wildman–Crippen LogP) is 4.29. The summed E-state index contributed by atoms with van der Waals surface area (Å²) in [5.41, 5.74) is 3.79. The van der Waals surface area contributed by atoms with E-state index in [1.165, 1.54) is 11.3 Å². The highest BCUT2D eigenvalue weighted by Gasteiger charge is 2.28. The van der Waals surface area contributed by atoms with Crippen LogP contribution >= 0.6 is 11.6 Å². The molecule has 1 aliphatic rings. The predicted molar refractivity (Wildman–Crippen MR) is 134 cm³/mol. The third-order valence-electron chi connectivity index (χ3n) is 5.63. The number of carbonyl (C=O) groups excluding carboxylic acids is 1. The molecule has 1 aliphatic heterocycles. The first kappa shape index (κ1) is 24.4. The molecule has 0 bridgehead atoms. The van der Waals surface area contributed by atoms with Gasteiger partial charge in [0.1, 0.15) is 6.17 Å². The standard InChI is InChI=1S/C25H31ClN6O/c1-25(2,3)23(30-22(33)15-17-10-12-18(26)13-11-17)31-24(28-16-27)29-20-8-5-9-21-19(20)7-6-14-32(21)4/h5,8-13,23H,6-7,14-15H2,1-4H3,(H,30,33)(H2,28,29,31). The first-order chi connectivity index (χ1) is 15.7. The summed E-state index contributed by atoms with van der Waals surface area (Å²) < 4.78 is 0. The molecule has 174 valence electrons. The van der Waals surface area contributed by atoms with E-state index in [1.807, 2.05) is 51.2 Å². The number of guanidine groups is 1. The van der Waals surface area contributed by atoms with E-state index in [-0.39, 0.29) is 17.7 Å². The van der Waals surface area contributed by atoms with Crippen LogP contribution in [0.1, 0.15) is 38.3 Å². The number of nitriles is 1. The van der Waals surface area contributed by atoms with Crippen LogP contribution < -0.4 is 20.9 Å². The van der Waals surface area contributed by atoms with E-state index in [1.54, 1.807) is 12.1 Å². The molecule has 1 unspecified atom stereocenters. The van der Waals surface area contributed by atoms with Crippen molar-refractivity contribution in [1.82, 2.24) is 10.6 Å². The Labute approximate surface area is 200 Å². The monoisotopic (exact) mass is 466 g/mol. The van der Waals surface area contributed by atoms with Crippen LogP contribution in [0, 0.1) is 16.9 Å². The van der Waals surface area contributed by atoms with E-state index in [4.69, 9.17) is 11.6 Å². The molecule has 0 saturated carbocycles. The lowest BCUT2D eigenvalue weighted by Gasteiger charge is -2.34. The molecule has 1 heterocycles. The Hall–Kier alpha value is -3.24. The van der Waals surface area contributed by atoms with Gasteiger partial charge in [0.2, 0.25) is 18.1 Å². The zero-order valence-electron chi connectivity index (χ0n) is 19.6. The molecule has 33 heavy (non-hydrogen) atoms. The Balaban J connectivity index is 1.76. The minimum Gasteiger partial charge on any atom is -0.374 e. The van der Waals surface area contributed by atoms with Crippen LogP contribution in [0.3, 0.4) is 0 Å². The summed E-state index contributed by atoms with van der Waals surface area (Å²) in [6.45, 7) is 7.04. The van der Waals surface area contributed by atoms with Crippen LogP contribution in [0.15, 0.2) is 47.5 Å². The topological polar surface area (TPSA) is 92.6 Å². The number of anilines is 2. The van der Waals surface area contributed by atoms with Crippen molar-refractivity contribution in [2.45, 2.75) is 46.2 Å². The molecule has 1 amide bonds. The highest BCUT2D eigenvalue weighted by molar-refractivity contribution is 6.30. The summed E-state index contributed by atoms with van der Waals surface area (Å²) in [5.74, 6) is 0.158. The molecule has 0 aliphatic carbocycles. The number of carbonyl (C=O) groups is 1. The van der Waals surface area contributed by atoms with Crippen molar-refractivity contribution < 1.29 is 4.79 Å². The number of nitrogens with one attached hydrogen (secondary N) is 3. The van der Waals surface area contributed by atoms with Crippen molar-refractivity contribution >= 4 is 34.8 Å². The average Bonchev–Trinajstić information content (AvgIpc) is 2.75. The number of rotatable bonds is 5. The molecule has 3 rings (SSSR count). The fourth-order valence-electron chi connectivity index (χ4n) is 3.80. The van der Waals surface area contributed by atoms with Gasteiger partial charge in [-0.3, -0.25) is 4.79 Å². The second-order valence-corrected chi connectivity index (χ2v) is 9.76. The minimum atomic E-state index is -0.459. The van der Waals surface area contributed by atoms with Crippen molar-refractivity contribution in [3.05, 3.63) is 58.6 Å². The average molecular weight is 467 g/mol. The van der Waals surface area contributed by atoms with Crippen molar-refractivity contribution in [3.63, 3.8) is 0 Å². The van der Waals surface area contributed by atoms with Gasteiger partial charge in [-0.25, -0.2) is 0 Å². The lowest BCUT2D eigenvalue weighted by atomic mass is 9.92. The maximum Gasteiger partial charge on any atom is 0.226 e. The van der Waals surface area contributed by atoms with Gasteiger partial charge in [0.15, 0.2) is 0 Å². The minimum absolute atomic E-state index is 0.139. The van der Waals surface area contributed by atoms with E-state index in [9.17, 15) is 10.1 Å². The van der Waals surface area contributed by atoms with Gasteiger partial charge in [0.25, 0.3) is 0 Å². The summed E-state index contributed by atoms with van der Waals surface area (Å²) in [6.07, 6.45) is 3.63. The molecule has 0 radical (unpaired) electrons. The largest absolute Gasteiger partial charge is 0.374 e. The summed E-state index contributed by atoms with van der Waals surface area (Å²) in [7, 11) is 2.08.